The second-order valence-corrected chi connectivity index (χ2v) is 5.65. The number of carboxylic acids is 1. The Morgan fingerprint density at radius 2 is 2.33 bits per heavy atom. The Balaban J connectivity index is 1.89. The van der Waals surface area contributed by atoms with Crippen molar-refractivity contribution in [3.63, 3.8) is 0 Å². The topological polar surface area (TPSA) is 72.6 Å². The fourth-order valence-electron chi connectivity index (χ4n) is 1.83. The Morgan fingerprint density at radius 3 is 3.00 bits per heavy atom. The second-order valence-electron chi connectivity index (χ2n) is 4.16. The van der Waals surface area contributed by atoms with Gasteiger partial charge in [-0.25, -0.2) is 4.79 Å². The molecule has 1 aromatic carbocycles. The van der Waals surface area contributed by atoms with Gasteiger partial charge in [-0.15, -0.1) is 11.8 Å². The number of ether oxygens (including phenoxy) is 1. The summed E-state index contributed by atoms with van der Waals surface area (Å²) in [6.07, 6.45) is 0.650. The third kappa shape index (κ3) is 3.31. The predicted molar refractivity (Wildman–Crippen MR) is 72.1 cm³/mol. The SMILES string of the molecule is Nc1ccc(Cl)cc1SCC1CCC(C(=O)O)O1. The summed E-state index contributed by atoms with van der Waals surface area (Å²) in [5.74, 6) is -0.196. The Kier molecular flexibility index (Phi) is 4.37. The maximum atomic E-state index is 10.8. The van der Waals surface area contributed by atoms with Gasteiger partial charge < -0.3 is 15.6 Å². The number of hydrogen-bond donors (Lipinski definition) is 2. The third-order valence-electron chi connectivity index (χ3n) is 2.78. The van der Waals surface area contributed by atoms with E-state index in [1.807, 2.05) is 6.07 Å². The van der Waals surface area contributed by atoms with Crippen LogP contribution >= 0.6 is 23.4 Å². The lowest BCUT2D eigenvalue weighted by Gasteiger charge is -2.12. The second kappa shape index (κ2) is 5.82. The van der Waals surface area contributed by atoms with Crippen LogP contribution < -0.4 is 5.73 Å². The molecule has 3 N–H and O–H groups in total. The number of benzene rings is 1. The summed E-state index contributed by atoms with van der Waals surface area (Å²) in [5.41, 5.74) is 6.51. The minimum Gasteiger partial charge on any atom is -0.479 e. The standard InChI is InChI=1S/C12H14ClNO3S/c13-7-1-3-9(14)11(5-7)18-6-8-2-4-10(17-8)12(15)16/h1,3,5,8,10H,2,4,6,14H2,(H,15,16). The van der Waals surface area contributed by atoms with E-state index in [1.165, 1.54) is 0 Å². The number of halogens is 1. The minimum atomic E-state index is -0.884. The zero-order valence-electron chi connectivity index (χ0n) is 9.64. The summed E-state index contributed by atoms with van der Waals surface area (Å²) in [6, 6.07) is 5.32. The zero-order chi connectivity index (χ0) is 13.1. The predicted octanol–water partition coefficient (Wildman–Crippen LogP) is 2.65. The molecular weight excluding hydrogens is 274 g/mol. The van der Waals surface area contributed by atoms with Crippen molar-refractivity contribution in [3.05, 3.63) is 23.2 Å². The normalized spacial score (nSPS) is 23.2. The Hall–Kier alpha value is -0.910. The lowest BCUT2D eigenvalue weighted by Crippen LogP contribution is -2.21. The van der Waals surface area contributed by atoms with Gasteiger partial charge in [0.25, 0.3) is 0 Å². The molecule has 2 atom stereocenters. The third-order valence-corrected chi connectivity index (χ3v) is 4.22. The number of thioether (sulfide) groups is 1. The van der Waals surface area contributed by atoms with Crippen LogP contribution in [0.5, 0.6) is 0 Å². The van der Waals surface area contributed by atoms with Crippen LogP contribution in [-0.4, -0.2) is 29.0 Å². The van der Waals surface area contributed by atoms with Crippen LogP contribution in [-0.2, 0) is 9.53 Å². The van der Waals surface area contributed by atoms with Crippen LogP contribution in [0.3, 0.4) is 0 Å². The number of carboxylic acid groups (broad SMARTS) is 1. The van der Waals surface area contributed by atoms with Gasteiger partial charge in [0, 0.05) is 21.4 Å². The van der Waals surface area contributed by atoms with Crippen molar-refractivity contribution in [1.29, 1.82) is 0 Å². The van der Waals surface area contributed by atoms with Gasteiger partial charge >= 0.3 is 5.97 Å². The first-order valence-electron chi connectivity index (χ1n) is 5.62. The molecule has 0 spiro atoms. The number of hydrogen-bond acceptors (Lipinski definition) is 4. The lowest BCUT2D eigenvalue weighted by molar-refractivity contribution is -0.148. The number of nitrogens with two attached hydrogens (primary N) is 1. The Labute approximate surface area is 114 Å². The molecule has 1 saturated heterocycles. The van der Waals surface area contributed by atoms with Gasteiger partial charge in [0.1, 0.15) is 0 Å². The molecule has 1 fully saturated rings. The molecule has 0 bridgehead atoms. The first-order chi connectivity index (χ1) is 8.56. The number of anilines is 1. The fraction of sp³-hybridized carbons (Fsp3) is 0.417. The molecule has 2 unspecified atom stereocenters. The van der Waals surface area contributed by atoms with Gasteiger partial charge in [-0.1, -0.05) is 11.6 Å². The summed E-state index contributed by atoms with van der Waals surface area (Å²) in [4.78, 5) is 11.7. The van der Waals surface area contributed by atoms with Gasteiger partial charge in [0.15, 0.2) is 6.10 Å². The molecule has 1 aromatic rings. The van der Waals surface area contributed by atoms with Crippen molar-refractivity contribution < 1.29 is 14.6 Å². The number of carbonyl (C=O) groups is 1. The molecule has 18 heavy (non-hydrogen) atoms. The highest BCUT2D eigenvalue weighted by Gasteiger charge is 2.30. The smallest absolute Gasteiger partial charge is 0.332 e. The quantitative estimate of drug-likeness (QED) is 0.658. The van der Waals surface area contributed by atoms with Crippen molar-refractivity contribution in [3.8, 4) is 0 Å². The molecule has 4 nitrogen and oxygen atoms in total. The molecule has 1 heterocycles. The molecule has 6 heteroatoms. The van der Waals surface area contributed by atoms with E-state index in [2.05, 4.69) is 0 Å². The molecule has 0 aliphatic carbocycles. The molecular formula is C12H14ClNO3S. The largest absolute Gasteiger partial charge is 0.479 e. The van der Waals surface area contributed by atoms with E-state index < -0.39 is 12.1 Å². The van der Waals surface area contributed by atoms with E-state index in [9.17, 15) is 4.79 Å². The van der Waals surface area contributed by atoms with E-state index in [1.54, 1.807) is 23.9 Å². The Morgan fingerprint density at radius 1 is 1.56 bits per heavy atom. The molecule has 0 amide bonds. The zero-order valence-corrected chi connectivity index (χ0v) is 11.2. The molecule has 1 aliphatic rings. The van der Waals surface area contributed by atoms with Gasteiger partial charge in [-0.3, -0.25) is 0 Å². The highest BCUT2D eigenvalue weighted by molar-refractivity contribution is 7.99. The molecule has 0 radical (unpaired) electrons. The van der Waals surface area contributed by atoms with E-state index in [0.717, 1.165) is 11.3 Å². The summed E-state index contributed by atoms with van der Waals surface area (Å²) in [6.45, 7) is 0. The lowest BCUT2D eigenvalue weighted by atomic mass is 10.2. The summed E-state index contributed by atoms with van der Waals surface area (Å²) >= 11 is 7.44. The molecule has 0 saturated carbocycles. The number of nitrogen functional groups attached to an aromatic ring is 1. The van der Waals surface area contributed by atoms with Gasteiger partial charge in [-0.2, -0.15) is 0 Å². The molecule has 98 valence electrons. The van der Waals surface area contributed by atoms with Gasteiger partial charge in [-0.05, 0) is 31.0 Å². The van der Waals surface area contributed by atoms with Gasteiger partial charge in [0.2, 0.25) is 0 Å². The van der Waals surface area contributed by atoms with Crippen LogP contribution in [0, 0.1) is 0 Å². The van der Waals surface area contributed by atoms with Crippen LogP contribution in [0.25, 0.3) is 0 Å². The van der Waals surface area contributed by atoms with E-state index >= 15 is 0 Å². The van der Waals surface area contributed by atoms with Crippen molar-refractivity contribution in [2.75, 3.05) is 11.5 Å². The van der Waals surface area contributed by atoms with Crippen molar-refractivity contribution in [1.82, 2.24) is 0 Å². The first kappa shape index (κ1) is 13.5. The highest BCUT2D eigenvalue weighted by Crippen LogP contribution is 2.31. The monoisotopic (exact) mass is 287 g/mol. The maximum absolute atomic E-state index is 10.8. The first-order valence-corrected chi connectivity index (χ1v) is 6.98. The maximum Gasteiger partial charge on any atom is 0.332 e. The number of aliphatic carboxylic acids is 1. The Bertz CT molecular complexity index is 455. The van der Waals surface area contributed by atoms with Gasteiger partial charge in [0.05, 0.1) is 6.10 Å². The number of rotatable bonds is 4. The van der Waals surface area contributed by atoms with E-state index in [0.29, 0.717) is 22.9 Å². The average Bonchev–Trinajstić information content (AvgIpc) is 2.79. The average molecular weight is 288 g/mol. The molecule has 0 aromatic heterocycles. The van der Waals surface area contributed by atoms with Crippen LogP contribution in [0.4, 0.5) is 5.69 Å². The highest BCUT2D eigenvalue weighted by atomic mass is 35.5. The van der Waals surface area contributed by atoms with Crippen LogP contribution in [0.15, 0.2) is 23.1 Å². The molecule has 2 rings (SSSR count). The van der Waals surface area contributed by atoms with Crippen LogP contribution in [0.2, 0.25) is 5.02 Å². The molecule has 1 aliphatic heterocycles. The van der Waals surface area contributed by atoms with Crippen molar-refractivity contribution >= 4 is 35.0 Å². The van der Waals surface area contributed by atoms with E-state index in [-0.39, 0.29) is 6.10 Å². The summed E-state index contributed by atoms with van der Waals surface area (Å²) in [5, 5.41) is 9.47. The van der Waals surface area contributed by atoms with Crippen molar-refractivity contribution in [2.45, 2.75) is 29.9 Å². The van der Waals surface area contributed by atoms with E-state index in [4.69, 9.17) is 27.2 Å². The summed E-state index contributed by atoms with van der Waals surface area (Å²) in [7, 11) is 0. The van der Waals surface area contributed by atoms with Crippen molar-refractivity contribution in [2.24, 2.45) is 0 Å². The fourth-order valence-corrected chi connectivity index (χ4v) is 3.12. The summed E-state index contributed by atoms with van der Waals surface area (Å²) < 4.78 is 5.42. The minimum absolute atomic E-state index is 0.0329. The van der Waals surface area contributed by atoms with Crippen LogP contribution in [0.1, 0.15) is 12.8 Å².